The number of hydrogen-bond donors (Lipinski definition) is 3. The highest BCUT2D eigenvalue weighted by Crippen LogP contribution is 2.18. The summed E-state index contributed by atoms with van der Waals surface area (Å²) in [5, 5.41) is 21.4. The molecule has 25 heavy (non-hydrogen) atoms. The summed E-state index contributed by atoms with van der Waals surface area (Å²) in [5.41, 5.74) is 0.861. The van der Waals surface area contributed by atoms with Gasteiger partial charge in [0.05, 0.1) is 12.0 Å². The monoisotopic (exact) mass is 346 g/mol. The zero-order valence-electron chi connectivity index (χ0n) is 14.0. The van der Waals surface area contributed by atoms with Gasteiger partial charge in [-0.05, 0) is 30.9 Å². The molecule has 1 heterocycles. The van der Waals surface area contributed by atoms with Crippen LogP contribution in [0, 0.1) is 0 Å². The zero-order chi connectivity index (χ0) is 18.2. The van der Waals surface area contributed by atoms with Gasteiger partial charge in [-0.3, -0.25) is 4.79 Å². The number of hydrogen-bond acceptors (Lipinski definition) is 5. The largest absolute Gasteiger partial charge is 0.475 e. The normalized spacial score (nSPS) is 17.7. The van der Waals surface area contributed by atoms with Crippen molar-refractivity contribution in [1.29, 1.82) is 0 Å². The number of alkyl carbamates (subject to hydrolysis) is 1. The fourth-order valence-electron chi connectivity index (χ4n) is 2.88. The molecule has 1 aliphatic heterocycles. The Bertz CT molecular complexity index is 596. The van der Waals surface area contributed by atoms with Crippen molar-refractivity contribution < 1.29 is 24.4 Å². The van der Waals surface area contributed by atoms with E-state index < -0.39 is 19.2 Å². The number of rotatable bonds is 7. The Morgan fingerprint density at radius 2 is 2.12 bits per heavy atom. The molecule has 134 valence electrons. The smallest absolute Gasteiger partial charge is 0.447 e. The van der Waals surface area contributed by atoms with Crippen LogP contribution in [-0.4, -0.2) is 59.2 Å². The number of carbonyl (C=O) groups is 2. The van der Waals surface area contributed by atoms with Crippen LogP contribution >= 0.6 is 0 Å². The van der Waals surface area contributed by atoms with Gasteiger partial charge in [0, 0.05) is 6.54 Å². The van der Waals surface area contributed by atoms with Crippen molar-refractivity contribution in [2.45, 2.75) is 31.2 Å². The van der Waals surface area contributed by atoms with Gasteiger partial charge in [-0.15, -0.1) is 0 Å². The molecule has 0 aliphatic carbocycles. The molecule has 1 fully saturated rings. The summed E-state index contributed by atoms with van der Waals surface area (Å²) >= 11 is 0. The Morgan fingerprint density at radius 1 is 1.40 bits per heavy atom. The van der Waals surface area contributed by atoms with Crippen LogP contribution in [0.5, 0.6) is 0 Å². The lowest BCUT2D eigenvalue weighted by Crippen LogP contribution is -2.48. The highest BCUT2D eigenvalue weighted by molar-refractivity contribution is 6.43. The predicted octanol–water partition coefficient (Wildman–Crippen LogP) is 0.513. The number of nitrogens with zero attached hydrogens (tertiary/aromatic N) is 1. The van der Waals surface area contributed by atoms with Gasteiger partial charge in [0.1, 0.15) is 6.61 Å². The van der Waals surface area contributed by atoms with Crippen LogP contribution in [0.25, 0.3) is 0 Å². The second-order valence-corrected chi connectivity index (χ2v) is 5.98. The first kappa shape index (κ1) is 19.0. The topological polar surface area (TPSA) is 99.1 Å². The minimum Gasteiger partial charge on any atom is -0.447 e. The SMILES string of the molecule is C=CC(=O)N1CCCC1COC(=O)NC(Cc1ccccc1)B(O)O. The van der Waals surface area contributed by atoms with E-state index in [1.165, 1.54) is 6.08 Å². The van der Waals surface area contributed by atoms with E-state index in [2.05, 4.69) is 11.9 Å². The van der Waals surface area contributed by atoms with Gasteiger partial charge >= 0.3 is 13.2 Å². The average molecular weight is 346 g/mol. The first-order chi connectivity index (χ1) is 12.0. The van der Waals surface area contributed by atoms with Crippen molar-refractivity contribution in [3.05, 3.63) is 48.6 Å². The van der Waals surface area contributed by atoms with Crippen LogP contribution in [0.15, 0.2) is 43.0 Å². The molecule has 0 bridgehead atoms. The van der Waals surface area contributed by atoms with E-state index in [1.807, 2.05) is 30.3 Å². The highest BCUT2D eigenvalue weighted by atomic mass is 16.5. The first-order valence-electron chi connectivity index (χ1n) is 8.27. The third-order valence-electron chi connectivity index (χ3n) is 4.20. The standard InChI is InChI=1S/C17H23BN2O5/c1-2-16(21)20-10-6-9-14(20)12-25-17(22)19-15(18(23)24)11-13-7-4-3-5-8-13/h2-5,7-8,14-15,23-24H,1,6,9-12H2,(H,19,22). The highest BCUT2D eigenvalue weighted by Gasteiger charge is 2.30. The minimum absolute atomic E-state index is 0.0605. The molecule has 2 atom stereocenters. The van der Waals surface area contributed by atoms with E-state index in [4.69, 9.17) is 4.74 Å². The molecule has 1 aliphatic rings. The van der Waals surface area contributed by atoms with E-state index in [-0.39, 0.29) is 25.0 Å². The molecule has 0 spiro atoms. The molecular weight excluding hydrogens is 323 g/mol. The van der Waals surface area contributed by atoms with E-state index in [9.17, 15) is 19.6 Å². The number of likely N-dealkylation sites (tertiary alicyclic amines) is 1. The number of ether oxygens (including phenoxy) is 1. The summed E-state index contributed by atoms with van der Waals surface area (Å²) in [6, 6.07) is 9.01. The van der Waals surface area contributed by atoms with Crippen molar-refractivity contribution in [2.24, 2.45) is 0 Å². The lowest BCUT2D eigenvalue weighted by atomic mass is 9.76. The molecule has 1 saturated heterocycles. The lowest BCUT2D eigenvalue weighted by Gasteiger charge is -2.24. The number of benzene rings is 1. The van der Waals surface area contributed by atoms with Gasteiger partial charge in [0.15, 0.2) is 0 Å². The van der Waals surface area contributed by atoms with Crippen molar-refractivity contribution in [3.63, 3.8) is 0 Å². The molecule has 2 rings (SSSR count). The van der Waals surface area contributed by atoms with E-state index in [1.54, 1.807) is 4.90 Å². The van der Waals surface area contributed by atoms with Gasteiger partial charge in [0.2, 0.25) is 5.91 Å². The van der Waals surface area contributed by atoms with Crippen molar-refractivity contribution in [1.82, 2.24) is 10.2 Å². The van der Waals surface area contributed by atoms with Crippen LogP contribution in [0.2, 0.25) is 0 Å². The molecule has 0 saturated carbocycles. The molecule has 3 N–H and O–H groups in total. The molecule has 1 aromatic rings. The maximum atomic E-state index is 12.0. The average Bonchev–Trinajstić information content (AvgIpc) is 3.08. The molecule has 2 unspecified atom stereocenters. The van der Waals surface area contributed by atoms with Crippen LogP contribution in [0.4, 0.5) is 4.79 Å². The Balaban J connectivity index is 1.84. The summed E-state index contributed by atoms with van der Waals surface area (Å²) < 4.78 is 5.17. The van der Waals surface area contributed by atoms with Gasteiger partial charge in [-0.2, -0.15) is 0 Å². The minimum atomic E-state index is -1.71. The maximum absolute atomic E-state index is 12.0. The van der Waals surface area contributed by atoms with Crippen LogP contribution in [0.3, 0.4) is 0 Å². The molecule has 1 aromatic carbocycles. The second-order valence-electron chi connectivity index (χ2n) is 5.98. The summed E-state index contributed by atoms with van der Waals surface area (Å²) in [4.78, 5) is 25.3. The Hall–Kier alpha value is -2.32. The molecule has 0 radical (unpaired) electrons. The quantitative estimate of drug-likeness (QED) is 0.494. The van der Waals surface area contributed by atoms with Crippen LogP contribution in [0.1, 0.15) is 18.4 Å². The molecule has 2 amide bonds. The van der Waals surface area contributed by atoms with Gasteiger partial charge < -0.3 is 25.0 Å². The third kappa shape index (κ3) is 5.61. The van der Waals surface area contributed by atoms with Gasteiger partial charge in [-0.25, -0.2) is 4.79 Å². The summed E-state index contributed by atoms with van der Waals surface area (Å²) in [7, 11) is -1.71. The molecule has 8 heteroatoms. The summed E-state index contributed by atoms with van der Waals surface area (Å²) in [6.07, 6.45) is 2.37. The second kappa shape index (κ2) is 9.24. The Labute approximate surface area is 147 Å². The fraction of sp³-hybridized carbons (Fsp3) is 0.412. The number of amides is 2. The summed E-state index contributed by atoms with van der Waals surface area (Å²) in [5.74, 6) is -1.07. The van der Waals surface area contributed by atoms with Crippen molar-refractivity contribution >= 4 is 19.1 Å². The van der Waals surface area contributed by atoms with Gasteiger partial charge in [-0.1, -0.05) is 36.9 Å². The molecule has 7 nitrogen and oxygen atoms in total. The van der Waals surface area contributed by atoms with Gasteiger partial charge in [0.25, 0.3) is 0 Å². The number of carbonyl (C=O) groups excluding carboxylic acids is 2. The van der Waals surface area contributed by atoms with Crippen molar-refractivity contribution in [2.75, 3.05) is 13.2 Å². The van der Waals surface area contributed by atoms with E-state index in [0.29, 0.717) is 6.54 Å². The number of nitrogens with one attached hydrogen (secondary N) is 1. The predicted molar refractivity (Wildman–Crippen MR) is 93.5 cm³/mol. The summed E-state index contributed by atoms with van der Waals surface area (Å²) in [6.45, 7) is 4.14. The lowest BCUT2D eigenvalue weighted by molar-refractivity contribution is -0.127. The first-order valence-corrected chi connectivity index (χ1v) is 8.27. The maximum Gasteiger partial charge on any atom is 0.475 e. The van der Waals surface area contributed by atoms with Crippen molar-refractivity contribution in [3.8, 4) is 0 Å². The van der Waals surface area contributed by atoms with E-state index in [0.717, 1.165) is 18.4 Å². The van der Waals surface area contributed by atoms with Crippen LogP contribution in [-0.2, 0) is 16.0 Å². The molecular formula is C17H23BN2O5. The molecule has 0 aromatic heterocycles. The fourth-order valence-corrected chi connectivity index (χ4v) is 2.88. The Morgan fingerprint density at radius 3 is 2.76 bits per heavy atom. The zero-order valence-corrected chi connectivity index (χ0v) is 14.0. The van der Waals surface area contributed by atoms with Crippen LogP contribution < -0.4 is 5.32 Å². The third-order valence-corrected chi connectivity index (χ3v) is 4.20. The van der Waals surface area contributed by atoms with E-state index >= 15 is 0 Å². The Kier molecular flexibility index (Phi) is 7.03.